The number of carbonyl (C=O) groups is 4. The first kappa shape index (κ1) is 18.1. The van der Waals surface area contributed by atoms with Gasteiger partial charge in [-0.15, -0.1) is 11.8 Å². The van der Waals surface area contributed by atoms with Crippen molar-refractivity contribution in [3.8, 4) is 0 Å². The minimum Gasteiger partial charge on any atom is -0.477 e. The lowest BCUT2D eigenvalue weighted by Gasteiger charge is -2.30. The van der Waals surface area contributed by atoms with Gasteiger partial charge in [-0.2, -0.15) is 5.06 Å². The van der Waals surface area contributed by atoms with Gasteiger partial charge in [-0.05, 0) is 12.1 Å². The summed E-state index contributed by atoms with van der Waals surface area (Å²) >= 11 is 1.24. The van der Waals surface area contributed by atoms with Crippen LogP contribution in [0.3, 0.4) is 0 Å². The lowest BCUT2D eigenvalue weighted by Crippen LogP contribution is -2.56. The van der Waals surface area contributed by atoms with Crippen LogP contribution in [-0.4, -0.2) is 63.0 Å². The number of aliphatic carboxylic acids is 1. The van der Waals surface area contributed by atoms with Gasteiger partial charge in [-0.25, -0.2) is 4.79 Å². The van der Waals surface area contributed by atoms with Gasteiger partial charge in [0, 0.05) is 23.7 Å². The number of carboxylic acids is 1. The molecule has 11 heteroatoms. The number of cyclic esters (lactones) is 1. The summed E-state index contributed by atoms with van der Waals surface area (Å²) in [6.07, 6.45) is 2.86. The first-order valence-corrected chi connectivity index (χ1v) is 8.65. The Morgan fingerprint density at radius 3 is 2.88 bits per heavy atom. The Balaban J connectivity index is 1.59. The van der Waals surface area contributed by atoms with E-state index >= 15 is 0 Å². The number of pyridine rings is 1. The molecule has 0 saturated carbocycles. The predicted molar refractivity (Wildman–Crippen MR) is 85.4 cm³/mol. The number of rotatable bonds is 6. The Bertz CT molecular complexity index is 744. The zero-order chi connectivity index (χ0) is 18.7. The van der Waals surface area contributed by atoms with Crippen molar-refractivity contribution in [3.63, 3.8) is 0 Å². The van der Waals surface area contributed by atoms with Crippen molar-refractivity contribution in [1.29, 1.82) is 0 Å². The topological polar surface area (TPSA) is 135 Å². The third kappa shape index (κ3) is 3.48. The maximum absolute atomic E-state index is 12.4. The van der Waals surface area contributed by atoms with Crippen molar-refractivity contribution in [3.05, 3.63) is 24.5 Å². The fraction of sp³-hybridized carbons (Fsp3) is 0.400. The smallest absolute Gasteiger partial charge is 0.372 e. The average molecular weight is 381 g/mol. The molecule has 3 heterocycles. The molecule has 2 saturated heterocycles. The molecular formula is C15H15N3O7S. The molecule has 10 nitrogen and oxygen atoms in total. The Morgan fingerprint density at radius 2 is 2.27 bits per heavy atom. The number of nitrogens with one attached hydrogen (secondary N) is 1. The number of carboxylic acid groups (broad SMARTS) is 1. The molecule has 2 N–H and O–H groups in total. The molecule has 2 fully saturated rings. The molecule has 1 aromatic rings. The Kier molecular flexibility index (Phi) is 5.09. The number of thioether (sulfide) groups is 1. The third-order valence-corrected chi connectivity index (χ3v) is 4.80. The van der Waals surface area contributed by atoms with Gasteiger partial charge in [-0.1, -0.05) is 0 Å². The van der Waals surface area contributed by atoms with Crippen molar-refractivity contribution >= 4 is 35.5 Å². The second kappa shape index (κ2) is 7.30. The van der Waals surface area contributed by atoms with Crippen LogP contribution in [0, 0.1) is 0 Å². The van der Waals surface area contributed by atoms with E-state index in [1.807, 2.05) is 0 Å². The van der Waals surface area contributed by atoms with Gasteiger partial charge in [0.05, 0.1) is 12.2 Å². The lowest BCUT2D eigenvalue weighted by atomic mass is 10.1. The molecule has 0 aliphatic carbocycles. The van der Waals surface area contributed by atoms with Crippen LogP contribution in [0.1, 0.15) is 12.8 Å². The van der Waals surface area contributed by atoms with E-state index in [-0.39, 0.29) is 25.2 Å². The zero-order valence-electron chi connectivity index (χ0n) is 13.4. The summed E-state index contributed by atoms with van der Waals surface area (Å²) < 4.78 is 4.84. The van der Waals surface area contributed by atoms with Crippen molar-refractivity contribution in [1.82, 2.24) is 15.4 Å². The van der Waals surface area contributed by atoms with Crippen LogP contribution in [0.15, 0.2) is 29.4 Å². The molecule has 2 aliphatic heterocycles. The van der Waals surface area contributed by atoms with Gasteiger partial charge in [0.1, 0.15) is 12.6 Å². The molecule has 0 spiro atoms. The largest absolute Gasteiger partial charge is 0.477 e. The van der Waals surface area contributed by atoms with Crippen LogP contribution >= 0.6 is 11.8 Å². The van der Waals surface area contributed by atoms with Gasteiger partial charge in [0.25, 0.3) is 5.91 Å². The number of hydrogen-bond donors (Lipinski definition) is 2. The number of hydrogen-bond acceptors (Lipinski definition) is 8. The number of amides is 2. The number of aromatic nitrogens is 1. The van der Waals surface area contributed by atoms with Crippen LogP contribution in [0.25, 0.3) is 0 Å². The van der Waals surface area contributed by atoms with E-state index in [0.717, 1.165) is 4.90 Å². The minimum atomic E-state index is -2.18. The summed E-state index contributed by atoms with van der Waals surface area (Å²) in [5, 5.41) is 12.4. The molecule has 1 aromatic heterocycles. The van der Waals surface area contributed by atoms with Crippen LogP contribution in [0.2, 0.25) is 0 Å². The first-order valence-electron chi connectivity index (χ1n) is 7.67. The minimum absolute atomic E-state index is 0.0501. The average Bonchev–Trinajstić information content (AvgIpc) is 3.18. The van der Waals surface area contributed by atoms with Gasteiger partial charge < -0.3 is 15.2 Å². The first-order chi connectivity index (χ1) is 12.4. The maximum atomic E-state index is 12.4. The van der Waals surface area contributed by atoms with Crippen molar-refractivity contribution in [2.45, 2.75) is 29.5 Å². The standard InChI is InChI=1S/C15H15N3O7S/c19-11(8-26-9-2-1-5-16-6-9)17-10-7-24-18(13(10)21)15(14(22)23)4-3-12(20)25-15/h1-2,5-6,10H,3-4,7-8H2,(H,17,19)(H,22,23)/t10-,15?/m0/s1. The van der Waals surface area contributed by atoms with E-state index in [4.69, 9.17) is 9.57 Å². The lowest BCUT2D eigenvalue weighted by molar-refractivity contribution is -0.256. The molecule has 26 heavy (non-hydrogen) atoms. The fourth-order valence-corrected chi connectivity index (χ4v) is 3.26. The number of hydroxylamine groups is 2. The fourth-order valence-electron chi connectivity index (χ4n) is 2.57. The molecule has 0 radical (unpaired) electrons. The van der Waals surface area contributed by atoms with Crippen molar-refractivity contribution < 1.29 is 33.9 Å². The van der Waals surface area contributed by atoms with Crippen LogP contribution < -0.4 is 5.32 Å². The Morgan fingerprint density at radius 1 is 1.46 bits per heavy atom. The quantitative estimate of drug-likeness (QED) is 0.496. The summed E-state index contributed by atoms with van der Waals surface area (Å²) in [5.41, 5.74) is -2.18. The highest BCUT2D eigenvalue weighted by Crippen LogP contribution is 2.34. The van der Waals surface area contributed by atoms with E-state index in [1.165, 1.54) is 11.8 Å². The van der Waals surface area contributed by atoms with Gasteiger partial charge in [0.15, 0.2) is 0 Å². The molecule has 3 rings (SSSR count). The van der Waals surface area contributed by atoms with E-state index < -0.39 is 35.5 Å². The van der Waals surface area contributed by atoms with Gasteiger partial charge in [0.2, 0.25) is 5.91 Å². The van der Waals surface area contributed by atoms with E-state index in [1.54, 1.807) is 24.5 Å². The number of carbonyl (C=O) groups excluding carboxylic acids is 3. The molecular weight excluding hydrogens is 366 g/mol. The van der Waals surface area contributed by atoms with Crippen molar-refractivity contribution in [2.75, 3.05) is 12.4 Å². The number of nitrogens with zero attached hydrogens (tertiary/aromatic N) is 2. The summed E-state index contributed by atoms with van der Waals surface area (Å²) in [6.45, 7) is -0.241. The zero-order valence-corrected chi connectivity index (χ0v) is 14.2. The van der Waals surface area contributed by atoms with E-state index in [0.29, 0.717) is 5.06 Å². The van der Waals surface area contributed by atoms with Gasteiger partial charge >= 0.3 is 17.7 Å². The van der Waals surface area contributed by atoms with Gasteiger partial charge in [-0.3, -0.25) is 24.2 Å². The highest BCUT2D eigenvalue weighted by molar-refractivity contribution is 8.00. The van der Waals surface area contributed by atoms with E-state index in [9.17, 15) is 24.3 Å². The normalized spacial score (nSPS) is 25.2. The molecule has 0 aromatic carbocycles. The second-order valence-electron chi connectivity index (χ2n) is 5.59. The molecule has 2 aliphatic rings. The highest BCUT2D eigenvalue weighted by atomic mass is 32.2. The molecule has 0 bridgehead atoms. The number of esters is 1. The summed E-state index contributed by atoms with van der Waals surface area (Å²) in [6, 6.07) is 2.48. The predicted octanol–water partition coefficient (Wildman–Crippen LogP) is -0.450. The summed E-state index contributed by atoms with van der Waals surface area (Å²) in [5.74, 6) is -3.38. The Labute approximate surface area is 151 Å². The molecule has 1 unspecified atom stereocenters. The van der Waals surface area contributed by atoms with E-state index in [2.05, 4.69) is 10.3 Å². The van der Waals surface area contributed by atoms with Crippen LogP contribution in [-0.2, 0) is 28.8 Å². The summed E-state index contributed by atoms with van der Waals surface area (Å²) in [7, 11) is 0. The molecule has 2 amide bonds. The number of ether oxygens (including phenoxy) is 1. The van der Waals surface area contributed by atoms with Crippen LogP contribution in [0.5, 0.6) is 0 Å². The molecule has 138 valence electrons. The van der Waals surface area contributed by atoms with Crippen molar-refractivity contribution in [2.24, 2.45) is 0 Å². The monoisotopic (exact) mass is 381 g/mol. The highest BCUT2D eigenvalue weighted by Gasteiger charge is 2.59. The SMILES string of the molecule is O=C(CSc1cccnc1)N[C@H]1CON(C2(C(=O)O)CCC(=O)O2)C1=O. The summed E-state index contributed by atoms with van der Waals surface area (Å²) in [4.78, 5) is 57.2. The Hall–Kier alpha value is -2.66. The third-order valence-electron chi connectivity index (χ3n) is 3.82. The second-order valence-corrected chi connectivity index (χ2v) is 6.64. The maximum Gasteiger partial charge on any atom is 0.372 e. The molecule has 2 atom stereocenters. The van der Waals surface area contributed by atoms with Crippen LogP contribution in [0.4, 0.5) is 0 Å².